The number of fused-ring (bicyclic) bond motifs is 2. The summed E-state index contributed by atoms with van der Waals surface area (Å²) in [6.45, 7) is 6.51. The molecule has 0 bridgehead atoms. The fourth-order valence-electron chi connectivity index (χ4n) is 3.26. The zero-order valence-corrected chi connectivity index (χ0v) is 13.7. The van der Waals surface area contributed by atoms with Gasteiger partial charge in [0.2, 0.25) is 0 Å². The number of aryl methyl sites for hydroxylation is 3. The van der Waals surface area contributed by atoms with Crippen LogP contribution in [0.5, 0.6) is 11.5 Å². The van der Waals surface area contributed by atoms with Crippen LogP contribution in [-0.2, 0) is 0 Å². The van der Waals surface area contributed by atoms with E-state index >= 15 is 0 Å². The minimum atomic E-state index is 0.910. The molecule has 0 fully saturated rings. The highest BCUT2D eigenvalue weighted by atomic mass is 32.1. The molecule has 22 heavy (non-hydrogen) atoms. The van der Waals surface area contributed by atoms with Gasteiger partial charge in [-0.25, -0.2) is 0 Å². The fourth-order valence-corrected chi connectivity index (χ4v) is 3.97. The lowest BCUT2D eigenvalue weighted by Gasteiger charge is -2.33. The Bertz CT molecular complexity index is 842. The molecule has 2 aromatic carbocycles. The molecule has 0 unspecified atom stereocenters. The van der Waals surface area contributed by atoms with Crippen LogP contribution in [0, 0.1) is 20.8 Å². The molecule has 0 N–H and O–H groups in total. The first kappa shape index (κ1) is 13.4. The average Bonchev–Trinajstić information content (AvgIpc) is 2.93. The molecule has 110 valence electrons. The van der Waals surface area contributed by atoms with Crippen molar-refractivity contribution >= 4 is 28.4 Å². The summed E-state index contributed by atoms with van der Waals surface area (Å²) in [6.07, 6.45) is 0. The molecule has 0 saturated heterocycles. The molecule has 3 heteroatoms. The monoisotopic (exact) mass is 307 g/mol. The molecule has 0 amide bonds. The number of hydrogen-bond acceptors (Lipinski definition) is 3. The van der Waals surface area contributed by atoms with Crippen LogP contribution in [-0.4, -0.2) is 0 Å². The van der Waals surface area contributed by atoms with Gasteiger partial charge in [0, 0.05) is 10.8 Å². The third-order valence-corrected chi connectivity index (χ3v) is 4.74. The van der Waals surface area contributed by atoms with Crippen molar-refractivity contribution in [3.05, 3.63) is 63.8 Å². The van der Waals surface area contributed by atoms with Crippen molar-refractivity contribution in [2.75, 3.05) is 4.90 Å². The number of para-hydroxylation sites is 2. The van der Waals surface area contributed by atoms with Crippen molar-refractivity contribution in [3.8, 4) is 11.5 Å². The lowest BCUT2D eigenvalue weighted by Crippen LogP contribution is -2.16. The third-order valence-electron chi connectivity index (χ3n) is 4.03. The van der Waals surface area contributed by atoms with Crippen LogP contribution < -0.4 is 9.64 Å². The number of rotatable bonds is 1. The zero-order chi connectivity index (χ0) is 15.3. The Morgan fingerprint density at radius 1 is 0.864 bits per heavy atom. The van der Waals surface area contributed by atoms with E-state index in [9.17, 15) is 0 Å². The summed E-state index contributed by atoms with van der Waals surface area (Å²) in [6, 6.07) is 12.7. The largest absolute Gasteiger partial charge is 0.452 e. The Morgan fingerprint density at radius 3 is 2.36 bits per heavy atom. The van der Waals surface area contributed by atoms with Crippen molar-refractivity contribution in [3.63, 3.8) is 0 Å². The second-order valence-corrected chi connectivity index (χ2v) is 6.52. The lowest BCUT2D eigenvalue weighted by molar-refractivity contribution is 0.479. The molecule has 1 aliphatic heterocycles. The van der Waals surface area contributed by atoms with Crippen LogP contribution in [0.1, 0.15) is 16.7 Å². The van der Waals surface area contributed by atoms with Crippen LogP contribution in [0.3, 0.4) is 0 Å². The van der Waals surface area contributed by atoms with Gasteiger partial charge in [-0.3, -0.25) is 0 Å². The Hall–Kier alpha value is -2.26. The van der Waals surface area contributed by atoms with E-state index in [1.165, 1.54) is 22.4 Å². The maximum absolute atomic E-state index is 6.04. The van der Waals surface area contributed by atoms with Gasteiger partial charge in [-0.15, -0.1) is 11.3 Å². The second kappa shape index (κ2) is 4.89. The average molecular weight is 307 g/mol. The molecule has 0 radical (unpaired) electrons. The van der Waals surface area contributed by atoms with Crippen LogP contribution in [0.2, 0.25) is 0 Å². The van der Waals surface area contributed by atoms with Crippen LogP contribution in [0.4, 0.5) is 17.1 Å². The minimum Gasteiger partial charge on any atom is -0.452 e. The Labute approximate surface area is 134 Å². The molecule has 0 saturated carbocycles. The summed E-state index contributed by atoms with van der Waals surface area (Å²) in [5, 5.41) is 4.22. The highest BCUT2D eigenvalue weighted by molar-refractivity contribution is 7.08. The number of nitrogens with zero attached hydrogens (tertiary/aromatic N) is 1. The number of hydrogen-bond donors (Lipinski definition) is 0. The predicted molar refractivity (Wildman–Crippen MR) is 93.3 cm³/mol. The Kier molecular flexibility index (Phi) is 2.98. The predicted octanol–water partition coefficient (Wildman–Crippen LogP) is 6.25. The zero-order valence-electron chi connectivity index (χ0n) is 12.9. The van der Waals surface area contributed by atoms with Crippen LogP contribution in [0.25, 0.3) is 0 Å². The van der Waals surface area contributed by atoms with E-state index < -0.39 is 0 Å². The van der Waals surface area contributed by atoms with Crippen molar-refractivity contribution in [2.24, 2.45) is 0 Å². The van der Waals surface area contributed by atoms with Gasteiger partial charge in [0.15, 0.2) is 11.5 Å². The summed E-state index contributed by atoms with van der Waals surface area (Å²) < 4.78 is 6.04. The molecule has 2 nitrogen and oxygen atoms in total. The molecule has 4 rings (SSSR count). The third kappa shape index (κ3) is 1.93. The number of thiophene rings is 1. The van der Waals surface area contributed by atoms with Gasteiger partial charge in [0.1, 0.15) is 5.69 Å². The van der Waals surface area contributed by atoms with Gasteiger partial charge in [-0.2, -0.15) is 0 Å². The van der Waals surface area contributed by atoms with Gasteiger partial charge in [0.25, 0.3) is 0 Å². The van der Waals surface area contributed by atoms with Gasteiger partial charge >= 0.3 is 0 Å². The van der Waals surface area contributed by atoms with Gasteiger partial charge < -0.3 is 9.64 Å². The summed E-state index contributed by atoms with van der Waals surface area (Å²) in [5.74, 6) is 1.84. The van der Waals surface area contributed by atoms with E-state index in [0.717, 1.165) is 22.9 Å². The SMILES string of the molecule is Cc1cc(C)c(N2c3ccccc3Oc3cscc32)c(C)c1. The quantitative estimate of drug-likeness (QED) is 0.412. The molecule has 0 spiro atoms. The van der Waals surface area contributed by atoms with Gasteiger partial charge in [0.05, 0.1) is 11.4 Å². The van der Waals surface area contributed by atoms with Crippen molar-refractivity contribution in [2.45, 2.75) is 20.8 Å². The fraction of sp³-hybridized carbons (Fsp3) is 0.158. The highest BCUT2D eigenvalue weighted by Gasteiger charge is 2.28. The van der Waals surface area contributed by atoms with E-state index in [4.69, 9.17) is 4.74 Å². The first-order valence-electron chi connectivity index (χ1n) is 7.36. The number of benzene rings is 2. The van der Waals surface area contributed by atoms with Crippen molar-refractivity contribution in [1.29, 1.82) is 0 Å². The lowest BCUT2D eigenvalue weighted by atomic mass is 10.0. The molecular formula is C19H17NOS. The van der Waals surface area contributed by atoms with E-state index in [0.29, 0.717) is 0 Å². The maximum atomic E-state index is 6.04. The molecular weight excluding hydrogens is 290 g/mol. The second-order valence-electron chi connectivity index (χ2n) is 5.77. The Morgan fingerprint density at radius 2 is 1.59 bits per heavy atom. The first-order valence-corrected chi connectivity index (χ1v) is 8.30. The van der Waals surface area contributed by atoms with Crippen molar-refractivity contribution in [1.82, 2.24) is 0 Å². The standard InChI is InChI=1S/C19H17NOS/c1-12-8-13(2)19(14(3)9-12)20-15-6-4-5-7-17(15)21-18-11-22-10-16(18)20/h4-11H,1-3H3. The Balaban J connectivity index is 2.01. The van der Waals surface area contributed by atoms with E-state index in [2.05, 4.69) is 60.7 Å². The molecule has 1 aromatic heterocycles. The topological polar surface area (TPSA) is 12.5 Å². The number of ether oxygens (including phenoxy) is 1. The van der Waals surface area contributed by atoms with Crippen molar-refractivity contribution < 1.29 is 4.74 Å². The van der Waals surface area contributed by atoms with E-state index in [-0.39, 0.29) is 0 Å². The summed E-state index contributed by atoms with van der Waals surface area (Å²) in [4.78, 5) is 2.33. The molecule has 2 heterocycles. The summed E-state index contributed by atoms with van der Waals surface area (Å²) >= 11 is 1.67. The molecule has 0 atom stereocenters. The van der Waals surface area contributed by atoms with Crippen LogP contribution in [0.15, 0.2) is 47.2 Å². The van der Waals surface area contributed by atoms with Gasteiger partial charge in [-0.1, -0.05) is 29.8 Å². The number of anilines is 3. The summed E-state index contributed by atoms with van der Waals surface area (Å²) in [5.41, 5.74) is 7.34. The normalized spacial score (nSPS) is 12.6. The van der Waals surface area contributed by atoms with E-state index in [1.54, 1.807) is 11.3 Å². The molecule has 0 aliphatic carbocycles. The summed E-state index contributed by atoms with van der Waals surface area (Å²) in [7, 11) is 0. The van der Waals surface area contributed by atoms with Gasteiger partial charge in [-0.05, 0) is 44.0 Å². The smallest absolute Gasteiger partial charge is 0.162 e. The van der Waals surface area contributed by atoms with Crippen LogP contribution >= 0.6 is 11.3 Å². The maximum Gasteiger partial charge on any atom is 0.162 e. The highest BCUT2D eigenvalue weighted by Crippen LogP contribution is 2.52. The molecule has 1 aliphatic rings. The minimum absolute atomic E-state index is 0.910. The molecule has 3 aromatic rings. The van der Waals surface area contributed by atoms with E-state index in [1.807, 2.05) is 12.1 Å². The first-order chi connectivity index (χ1) is 10.6.